The van der Waals surface area contributed by atoms with Crippen LogP contribution in [0.25, 0.3) is 0 Å². The standard InChI is InChI=1S/Cl4Si.4ClH.Zr/c1-5(2,3)4;;;;;/h;4*1H;/q;;;;;+4/p-4. The predicted octanol–water partition coefficient (Wildman–Crippen LogP) is 5.13. The molecule has 0 rings (SSSR count). The van der Waals surface area contributed by atoms with Crippen molar-refractivity contribution in [1.29, 1.82) is 0 Å². The van der Waals surface area contributed by atoms with Gasteiger partial charge < -0.3 is 0 Å². The predicted molar refractivity (Wildman–Crippen MR) is 52.6 cm³/mol. The molecular weight excluding hydrogens is 403 g/mol. The van der Waals surface area contributed by atoms with Crippen LogP contribution in [-0.2, 0) is 15.5 Å². The van der Waals surface area contributed by atoms with E-state index >= 15 is 0 Å². The molecule has 0 aromatic rings. The van der Waals surface area contributed by atoms with Crippen LogP contribution >= 0.6 is 78.4 Å². The SMILES string of the molecule is Cl[Si](Cl)(Cl)Cl.[Cl][Zr]([Cl])([Cl])[Cl]. The molecule has 0 bridgehead atoms. The van der Waals surface area contributed by atoms with Crippen molar-refractivity contribution in [2.24, 2.45) is 0 Å². The summed E-state index contributed by atoms with van der Waals surface area (Å²) < 4.78 is 0. The molecule has 0 aromatic heterocycles. The van der Waals surface area contributed by atoms with Crippen molar-refractivity contribution < 1.29 is 15.5 Å². The van der Waals surface area contributed by atoms with E-state index in [1.54, 1.807) is 0 Å². The van der Waals surface area contributed by atoms with Crippen molar-refractivity contribution in [2.45, 2.75) is 0 Å². The first-order valence-electron chi connectivity index (χ1n) is 1.51. The molecule has 0 amide bonds. The molecule has 0 saturated heterocycles. The minimum absolute atomic E-state index is 2.72. The molecule has 0 atom stereocenters. The number of hydrogen-bond donors (Lipinski definition) is 0. The molecule has 0 N–H and O–H groups in total. The second-order valence-electron chi connectivity index (χ2n) is 0.857. The Morgan fingerprint density at radius 1 is 0.700 bits per heavy atom. The molecule has 10 heteroatoms. The average molecular weight is 403 g/mol. The molecule has 0 heterocycles. The van der Waals surface area contributed by atoms with Gasteiger partial charge >= 0.3 is 54.9 Å². The molecule has 64 valence electrons. The molecule has 0 saturated carbocycles. The van der Waals surface area contributed by atoms with Crippen LogP contribution in [0.1, 0.15) is 0 Å². The maximum atomic E-state index is 5.04. The molecule has 0 fully saturated rings. The van der Waals surface area contributed by atoms with Crippen LogP contribution in [0.3, 0.4) is 0 Å². The van der Waals surface area contributed by atoms with Gasteiger partial charge in [0.1, 0.15) is 0 Å². The molecular formula is Cl8SiZr. The van der Waals surface area contributed by atoms with Crippen molar-refractivity contribution in [2.75, 3.05) is 0 Å². The van der Waals surface area contributed by atoms with Crippen LogP contribution in [0.15, 0.2) is 0 Å². The molecule has 0 nitrogen and oxygen atoms in total. The molecule has 0 aliphatic rings. The Kier molecular flexibility index (Phi) is 10.8. The second kappa shape index (κ2) is 6.81. The average Bonchev–Trinajstić information content (AvgIpc) is 1.12. The summed E-state index contributed by atoms with van der Waals surface area (Å²) in [6.45, 7) is 0. The van der Waals surface area contributed by atoms with Crippen LogP contribution < -0.4 is 0 Å². The Labute approximate surface area is 97.4 Å². The van der Waals surface area contributed by atoms with Gasteiger partial charge in [0, 0.05) is 0 Å². The van der Waals surface area contributed by atoms with E-state index in [0.717, 1.165) is 0 Å². The fourth-order valence-electron chi connectivity index (χ4n) is 0. The van der Waals surface area contributed by atoms with Gasteiger partial charge in [-0.2, -0.15) is 0 Å². The molecule has 0 aliphatic carbocycles. The monoisotopic (exact) mass is 398 g/mol. The summed E-state index contributed by atoms with van der Waals surface area (Å²) in [5, 5.41) is -2.72. The molecule has 0 spiro atoms. The van der Waals surface area contributed by atoms with Crippen molar-refractivity contribution in [1.82, 2.24) is 0 Å². The van der Waals surface area contributed by atoms with E-state index in [-0.39, 0.29) is 0 Å². The summed E-state index contributed by atoms with van der Waals surface area (Å²) in [5.41, 5.74) is 0. The van der Waals surface area contributed by atoms with Crippen molar-refractivity contribution >= 4 is 83.7 Å². The van der Waals surface area contributed by atoms with E-state index in [0.29, 0.717) is 0 Å². The van der Waals surface area contributed by atoms with Crippen molar-refractivity contribution in [3.8, 4) is 0 Å². The van der Waals surface area contributed by atoms with Gasteiger partial charge in [-0.05, 0) is 0 Å². The Bertz CT molecular complexity index is 52.2. The van der Waals surface area contributed by atoms with E-state index in [1.165, 1.54) is 0 Å². The van der Waals surface area contributed by atoms with Crippen molar-refractivity contribution in [3.63, 3.8) is 0 Å². The van der Waals surface area contributed by atoms with Gasteiger partial charge in [0.05, 0.1) is 0 Å². The summed E-state index contributed by atoms with van der Waals surface area (Å²) in [4.78, 5) is 0. The quantitative estimate of drug-likeness (QED) is 0.389. The maximum absolute atomic E-state index is 5.04. The summed E-state index contributed by atoms with van der Waals surface area (Å²) in [5.74, 6) is 0. The first kappa shape index (κ1) is 15.9. The fourth-order valence-corrected chi connectivity index (χ4v) is 0. The minimum atomic E-state index is -3.29. The Morgan fingerprint density at radius 3 is 0.700 bits per heavy atom. The summed E-state index contributed by atoms with van der Waals surface area (Å²) in [6.07, 6.45) is 0. The van der Waals surface area contributed by atoms with Crippen LogP contribution in [0.2, 0.25) is 0 Å². The van der Waals surface area contributed by atoms with E-state index < -0.39 is 20.8 Å². The molecule has 0 unspecified atom stereocenters. The first-order valence-corrected chi connectivity index (χ1v) is 20.2. The third-order valence-electron chi connectivity index (χ3n) is 0. The van der Waals surface area contributed by atoms with E-state index in [2.05, 4.69) is 0 Å². The van der Waals surface area contributed by atoms with Crippen LogP contribution in [0, 0.1) is 0 Å². The zero-order valence-electron chi connectivity index (χ0n) is 4.02. The summed E-state index contributed by atoms with van der Waals surface area (Å²) in [6, 6.07) is 0. The topological polar surface area (TPSA) is 0 Å². The van der Waals surface area contributed by atoms with E-state index in [4.69, 9.17) is 78.4 Å². The van der Waals surface area contributed by atoms with Crippen molar-refractivity contribution in [3.05, 3.63) is 0 Å². The van der Waals surface area contributed by atoms with Gasteiger partial charge in [0.25, 0.3) is 0 Å². The molecule has 0 aliphatic heterocycles. The molecule has 10 heavy (non-hydrogen) atoms. The Hall–Kier alpha value is 3.42. The van der Waals surface area contributed by atoms with Crippen LogP contribution in [0.5, 0.6) is 0 Å². The number of halogens is 8. The molecule has 0 aromatic carbocycles. The van der Waals surface area contributed by atoms with Crippen LogP contribution in [0.4, 0.5) is 0 Å². The molecule has 0 radical (unpaired) electrons. The van der Waals surface area contributed by atoms with E-state index in [1.807, 2.05) is 0 Å². The first-order chi connectivity index (χ1) is 4.00. The second-order valence-corrected chi connectivity index (χ2v) is 34.4. The van der Waals surface area contributed by atoms with Gasteiger partial charge in [-0.25, -0.2) is 0 Å². The zero-order chi connectivity index (χ0) is 9.00. The third kappa shape index (κ3) is 106. The van der Waals surface area contributed by atoms with Crippen LogP contribution in [-0.4, -0.2) is 5.31 Å². The third-order valence-corrected chi connectivity index (χ3v) is 0. The number of rotatable bonds is 0. The summed E-state index contributed by atoms with van der Waals surface area (Å²) in [7, 11) is 20.1. The van der Waals surface area contributed by atoms with Gasteiger partial charge in [-0.3, -0.25) is 0 Å². The van der Waals surface area contributed by atoms with Gasteiger partial charge in [-0.15, -0.1) is 44.3 Å². The number of hydrogen-bond acceptors (Lipinski definition) is 0. The van der Waals surface area contributed by atoms with E-state index in [9.17, 15) is 0 Å². The van der Waals surface area contributed by atoms with Gasteiger partial charge in [-0.1, -0.05) is 0 Å². The Balaban J connectivity index is 0. The normalized spacial score (nSPS) is 12.0. The summed E-state index contributed by atoms with van der Waals surface area (Å²) >= 11 is 16.6. The van der Waals surface area contributed by atoms with Gasteiger partial charge in [0.15, 0.2) is 0 Å². The van der Waals surface area contributed by atoms with Gasteiger partial charge in [0.2, 0.25) is 0 Å². The fraction of sp³-hybridized carbons (Fsp3) is 0. The Morgan fingerprint density at radius 2 is 0.700 bits per heavy atom. The zero-order valence-corrected chi connectivity index (χ0v) is 13.5.